The monoisotopic (exact) mass is 206 g/mol. The summed E-state index contributed by atoms with van der Waals surface area (Å²) in [5.74, 6) is 1.59. The molecule has 0 saturated heterocycles. The Labute approximate surface area is 90.7 Å². The number of hydrogen-bond donors (Lipinski definition) is 2. The first-order valence-electron chi connectivity index (χ1n) is 5.23. The number of aryl methyl sites for hydroxylation is 2. The molecule has 15 heavy (non-hydrogen) atoms. The molecule has 82 valence electrons. The number of nitrogens with zero attached hydrogens (tertiary/aromatic N) is 2. The van der Waals surface area contributed by atoms with Gasteiger partial charge in [0, 0.05) is 18.7 Å². The Morgan fingerprint density at radius 1 is 1.40 bits per heavy atom. The van der Waals surface area contributed by atoms with E-state index >= 15 is 0 Å². The van der Waals surface area contributed by atoms with Crippen LogP contribution in [0.1, 0.15) is 37.9 Å². The van der Waals surface area contributed by atoms with Crippen LogP contribution in [0.5, 0.6) is 0 Å². The van der Waals surface area contributed by atoms with Gasteiger partial charge in [-0.25, -0.2) is 9.97 Å². The van der Waals surface area contributed by atoms with Crippen molar-refractivity contribution < 1.29 is 0 Å². The minimum Gasteiger partial charge on any atom is -0.367 e. The lowest BCUT2D eigenvalue weighted by atomic mass is 10.2. The third-order valence-electron chi connectivity index (χ3n) is 2.07. The Morgan fingerprint density at radius 2 is 2.07 bits per heavy atom. The molecular weight excluding hydrogens is 188 g/mol. The molecule has 0 fully saturated rings. The Kier molecular flexibility index (Phi) is 3.77. The van der Waals surface area contributed by atoms with Crippen LogP contribution in [-0.2, 0) is 6.42 Å². The molecule has 0 amide bonds. The smallest absolute Gasteiger partial charge is 0.139 e. The van der Waals surface area contributed by atoms with Crippen LogP contribution in [0.2, 0.25) is 0 Å². The minimum atomic E-state index is 0.308. The first kappa shape index (κ1) is 11.6. The van der Waals surface area contributed by atoms with Gasteiger partial charge in [0.15, 0.2) is 0 Å². The van der Waals surface area contributed by atoms with E-state index in [2.05, 4.69) is 29.1 Å². The van der Waals surface area contributed by atoms with Crippen molar-refractivity contribution in [3.8, 4) is 0 Å². The molecule has 0 atom stereocenters. The highest BCUT2D eigenvalue weighted by molar-refractivity contribution is 5.85. The maximum Gasteiger partial charge on any atom is 0.139 e. The molecule has 1 rings (SSSR count). The summed E-state index contributed by atoms with van der Waals surface area (Å²) >= 11 is 0. The molecule has 1 aromatic heterocycles. The van der Waals surface area contributed by atoms with Crippen molar-refractivity contribution in [2.75, 3.05) is 5.32 Å². The Bertz CT molecular complexity index is 358. The number of anilines is 1. The number of rotatable bonds is 4. The van der Waals surface area contributed by atoms with Crippen molar-refractivity contribution in [2.45, 2.75) is 40.2 Å². The van der Waals surface area contributed by atoms with Crippen LogP contribution >= 0.6 is 0 Å². The van der Waals surface area contributed by atoms with Crippen LogP contribution in [0.4, 0.5) is 5.82 Å². The van der Waals surface area contributed by atoms with Gasteiger partial charge in [-0.15, -0.1) is 0 Å². The van der Waals surface area contributed by atoms with Crippen LogP contribution in [0, 0.1) is 12.3 Å². The van der Waals surface area contributed by atoms with Crippen molar-refractivity contribution in [1.82, 2.24) is 9.97 Å². The molecular formula is C11H18N4. The summed E-state index contributed by atoms with van der Waals surface area (Å²) in [6.07, 6.45) is 2.12. The first-order chi connectivity index (χ1) is 7.08. The average molecular weight is 206 g/mol. The topological polar surface area (TPSA) is 61.7 Å². The van der Waals surface area contributed by atoms with Gasteiger partial charge >= 0.3 is 0 Å². The molecule has 0 saturated carbocycles. The Hall–Kier alpha value is -1.45. The lowest BCUT2D eigenvalue weighted by molar-refractivity contribution is 0.859. The normalized spacial score (nSPS) is 10.5. The largest absolute Gasteiger partial charge is 0.367 e. The average Bonchev–Trinajstić information content (AvgIpc) is 2.16. The van der Waals surface area contributed by atoms with Gasteiger partial charge in [0.05, 0.1) is 11.3 Å². The lowest BCUT2D eigenvalue weighted by Gasteiger charge is -2.13. The predicted molar refractivity (Wildman–Crippen MR) is 62.8 cm³/mol. The Balaban J connectivity index is 3.19. The molecule has 0 radical (unpaired) electrons. The lowest BCUT2D eigenvalue weighted by Crippen LogP contribution is -2.15. The molecule has 4 nitrogen and oxygen atoms in total. The molecule has 0 aliphatic rings. The molecule has 2 N–H and O–H groups in total. The van der Waals surface area contributed by atoms with Crippen molar-refractivity contribution in [2.24, 2.45) is 0 Å². The van der Waals surface area contributed by atoms with E-state index in [0.717, 1.165) is 29.3 Å². The second kappa shape index (κ2) is 4.87. The van der Waals surface area contributed by atoms with Crippen LogP contribution < -0.4 is 5.32 Å². The van der Waals surface area contributed by atoms with Gasteiger partial charge in [-0.3, -0.25) is 0 Å². The summed E-state index contributed by atoms with van der Waals surface area (Å²) in [4.78, 5) is 8.72. The molecule has 0 aliphatic heterocycles. The summed E-state index contributed by atoms with van der Waals surface area (Å²) in [6, 6.07) is 0.308. The summed E-state index contributed by atoms with van der Waals surface area (Å²) in [5.41, 5.74) is 1.64. The van der Waals surface area contributed by atoms with Crippen LogP contribution in [0.25, 0.3) is 0 Å². The number of aromatic nitrogens is 2. The fraction of sp³-hybridized carbons (Fsp3) is 0.545. The SMILES string of the molecule is CCc1nc(C)c(C=N)c(NC(C)C)n1. The zero-order chi connectivity index (χ0) is 11.4. The molecule has 0 bridgehead atoms. The van der Waals surface area contributed by atoms with Gasteiger partial charge < -0.3 is 10.7 Å². The van der Waals surface area contributed by atoms with E-state index in [1.165, 1.54) is 6.21 Å². The quantitative estimate of drug-likeness (QED) is 0.742. The highest BCUT2D eigenvalue weighted by atomic mass is 15.0. The van der Waals surface area contributed by atoms with Gasteiger partial charge in [0.2, 0.25) is 0 Å². The van der Waals surface area contributed by atoms with Gasteiger partial charge in [-0.05, 0) is 20.8 Å². The second-order valence-corrected chi connectivity index (χ2v) is 3.78. The molecule has 1 aromatic rings. The maximum absolute atomic E-state index is 7.35. The molecule has 0 aliphatic carbocycles. The van der Waals surface area contributed by atoms with Crippen molar-refractivity contribution >= 4 is 12.0 Å². The summed E-state index contributed by atoms with van der Waals surface area (Å²) in [6.45, 7) is 8.04. The van der Waals surface area contributed by atoms with E-state index in [1.54, 1.807) is 0 Å². The van der Waals surface area contributed by atoms with E-state index in [1.807, 2.05) is 13.8 Å². The zero-order valence-electron chi connectivity index (χ0n) is 9.76. The molecule has 0 spiro atoms. The van der Waals surface area contributed by atoms with E-state index in [4.69, 9.17) is 5.41 Å². The summed E-state index contributed by atoms with van der Waals surface area (Å²) in [5, 5.41) is 10.6. The number of hydrogen-bond acceptors (Lipinski definition) is 4. The Morgan fingerprint density at radius 3 is 2.53 bits per heavy atom. The fourth-order valence-corrected chi connectivity index (χ4v) is 1.35. The van der Waals surface area contributed by atoms with E-state index in [-0.39, 0.29) is 0 Å². The third-order valence-corrected chi connectivity index (χ3v) is 2.07. The molecule has 4 heteroatoms. The van der Waals surface area contributed by atoms with Gasteiger partial charge in [-0.1, -0.05) is 6.92 Å². The van der Waals surface area contributed by atoms with Crippen LogP contribution in [0.15, 0.2) is 0 Å². The van der Waals surface area contributed by atoms with E-state index in [9.17, 15) is 0 Å². The highest BCUT2D eigenvalue weighted by Crippen LogP contribution is 2.15. The fourth-order valence-electron chi connectivity index (χ4n) is 1.35. The van der Waals surface area contributed by atoms with E-state index in [0.29, 0.717) is 6.04 Å². The van der Waals surface area contributed by atoms with E-state index < -0.39 is 0 Å². The zero-order valence-corrected chi connectivity index (χ0v) is 9.76. The van der Waals surface area contributed by atoms with Gasteiger partial charge in [-0.2, -0.15) is 0 Å². The summed E-state index contributed by atoms with van der Waals surface area (Å²) < 4.78 is 0. The summed E-state index contributed by atoms with van der Waals surface area (Å²) in [7, 11) is 0. The van der Waals surface area contributed by atoms with Gasteiger partial charge in [0.25, 0.3) is 0 Å². The molecule has 0 aromatic carbocycles. The number of nitrogens with one attached hydrogen (secondary N) is 2. The predicted octanol–water partition coefficient (Wildman–Crippen LogP) is 2.17. The second-order valence-electron chi connectivity index (χ2n) is 3.78. The van der Waals surface area contributed by atoms with Gasteiger partial charge in [0.1, 0.15) is 11.6 Å². The van der Waals surface area contributed by atoms with Crippen molar-refractivity contribution in [3.05, 3.63) is 17.1 Å². The molecule has 1 heterocycles. The van der Waals surface area contributed by atoms with Crippen molar-refractivity contribution in [3.63, 3.8) is 0 Å². The maximum atomic E-state index is 7.35. The van der Waals surface area contributed by atoms with Crippen molar-refractivity contribution in [1.29, 1.82) is 5.41 Å². The highest BCUT2D eigenvalue weighted by Gasteiger charge is 2.09. The first-order valence-corrected chi connectivity index (χ1v) is 5.23. The third kappa shape index (κ3) is 2.75. The minimum absolute atomic E-state index is 0.308. The standard InChI is InChI=1S/C11H18N4/c1-5-10-14-8(4)9(6-12)11(15-10)13-7(2)3/h6-7,12H,5H2,1-4H3,(H,13,14,15). The molecule has 0 unspecified atom stereocenters. The van der Waals surface area contributed by atoms with Crippen LogP contribution in [-0.4, -0.2) is 22.2 Å². The van der Waals surface area contributed by atoms with Crippen LogP contribution in [0.3, 0.4) is 0 Å².